The van der Waals surface area contributed by atoms with Gasteiger partial charge in [0.1, 0.15) is 18.0 Å². The van der Waals surface area contributed by atoms with Crippen molar-refractivity contribution in [3.63, 3.8) is 0 Å². The number of unbranched alkanes of at least 4 members (excludes halogenated alkanes) is 1. The quantitative estimate of drug-likeness (QED) is 0.160. The van der Waals surface area contributed by atoms with Crippen molar-refractivity contribution in [1.82, 2.24) is 10.6 Å². The van der Waals surface area contributed by atoms with Crippen LogP contribution in [0.5, 0.6) is 0 Å². The molecule has 33 heavy (non-hydrogen) atoms. The number of nitrogens with zero attached hydrogens (tertiary/aromatic N) is 1. The molecule has 0 saturated heterocycles. The molecule has 2 atom stereocenters. The molecule has 1 aromatic carbocycles. The predicted molar refractivity (Wildman–Crippen MR) is 124 cm³/mol. The van der Waals surface area contributed by atoms with E-state index >= 15 is 0 Å². The highest BCUT2D eigenvalue weighted by Crippen LogP contribution is 2.19. The molecule has 0 aromatic heterocycles. The summed E-state index contributed by atoms with van der Waals surface area (Å²) in [6.07, 6.45) is 0.807. The smallest absolute Gasteiger partial charge is 0.407 e. The van der Waals surface area contributed by atoms with Gasteiger partial charge in [-0.1, -0.05) is 42.8 Å². The highest BCUT2D eigenvalue weighted by Gasteiger charge is 2.27. The number of hydrogen-bond acceptors (Lipinski definition) is 8. The van der Waals surface area contributed by atoms with E-state index in [1.165, 1.54) is 7.11 Å². The standard InChI is InChI=1S/C21H29N5O6.ClH/c1-3-4-9-31-21(29)25-17(20(28)30-2)12-24-18(27)11-15-10-16(26-32-15)13-5-7-14(8-6-13)19(22)23;/h5-8,15,17H,3-4,9-12H2,1-2H3,(H3,22,23)(H,24,27)(H,25,29);1H/t15?,17-;/m0./s1. The van der Waals surface area contributed by atoms with Crippen LogP contribution in [0.1, 0.15) is 43.7 Å². The van der Waals surface area contributed by atoms with E-state index in [0.717, 1.165) is 12.0 Å². The van der Waals surface area contributed by atoms with Crippen LogP contribution in [0.2, 0.25) is 0 Å². The molecule has 0 saturated carbocycles. The molecule has 1 aromatic rings. The minimum absolute atomic E-state index is 0. The molecule has 12 heteroatoms. The first-order valence-electron chi connectivity index (χ1n) is 10.3. The number of carbonyl (C=O) groups is 3. The number of oxime groups is 1. The zero-order valence-corrected chi connectivity index (χ0v) is 19.4. The maximum absolute atomic E-state index is 12.3. The molecular weight excluding hydrogens is 454 g/mol. The summed E-state index contributed by atoms with van der Waals surface area (Å²) in [4.78, 5) is 41.3. The third-order valence-corrected chi connectivity index (χ3v) is 4.69. The molecule has 182 valence electrons. The number of amidine groups is 1. The topological polar surface area (TPSA) is 165 Å². The van der Waals surface area contributed by atoms with Crippen LogP contribution >= 0.6 is 12.4 Å². The van der Waals surface area contributed by atoms with Crippen LogP contribution in [0.15, 0.2) is 29.4 Å². The van der Waals surface area contributed by atoms with Crippen LogP contribution in [0, 0.1) is 5.41 Å². The SMILES string of the molecule is CCCCOC(=O)N[C@@H](CNC(=O)CC1CC(c2ccc(C(=N)N)cc2)=NO1)C(=O)OC.Cl. The summed E-state index contributed by atoms with van der Waals surface area (Å²) in [6.45, 7) is 2.04. The van der Waals surface area contributed by atoms with E-state index in [1.54, 1.807) is 24.3 Å². The van der Waals surface area contributed by atoms with Crippen molar-refractivity contribution in [2.75, 3.05) is 20.3 Å². The molecule has 2 amide bonds. The average Bonchev–Trinajstić information content (AvgIpc) is 3.24. The average molecular weight is 484 g/mol. The third-order valence-electron chi connectivity index (χ3n) is 4.69. The number of nitrogen functional groups attached to an aromatic ring is 1. The number of nitrogens with one attached hydrogen (secondary N) is 3. The van der Waals surface area contributed by atoms with Crippen molar-refractivity contribution in [3.8, 4) is 0 Å². The number of hydrogen-bond donors (Lipinski definition) is 4. The zero-order valence-electron chi connectivity index (χ0n) is 18.6. The first kappa shape index (κ1) is 27.7. The Morgan fingerprint density at radius 3 is 2.61 bits per heavy atom. The second-order valence-electron chi connectivity index (χ2n) is 7.18. The number of amides is 2. The number of benzene rings is 1. The van der Waals surface area contributed by atoms with Gasteiger partial charge in [0.15, 0.2) is 0 Å². The largest absolute Gasteiger partial charge is 0.467 e. The fraction of sp³-hybridized carbons (Fsp3) is 0.476. The highest BCUT2D eigenvalue weighted by atomic mass is 35.5. The van der Waals surface area contributed by atoms with E-state index in [2.05, 4.69) is 20.5 Å². The van der Waals surface area contributed by atoms with Crippen LogP contribution in [0.3, 0.4) is 0 Å². The lowest BCUT2D eigenvalue weighted by molar-refractivity contribution is -0.143. The van der Waals surface area contributed by atoms with Crippen LogP contribution in [-0.2, 0) is 23.9 Å². The van der Waals surface area contributed by atoms with Crippen LogP contribution in [0.4, 0.5) is 4.79 Å². The molecule has 11 nitrogen and oxygen atoms in total. The van der Waals surface area contributed by atoms with Gasteiger partial charge in [-0.05, 0) is 12.0 Å². The number of nitrogens with two attached hydrogens (primary N) is 1. The normalized spacial score (nSPS) is 15.2. The maximum atomic E-state index is 12.3. The molecule has 1 unspecified atom stereocenters. The molecule has 1 heterocycles. The molecule has 2 rings (SSSR count). The monoisotopic (exact) mass is 483 g/mol. The van der Waals surface area contributed by atoms with Crippen molar-refractivity contribution >= 4 is 41.9 Å². The molecule has 0 radical (unpaired) electrons. The van der Waals surface area contributed by atoms with Crippen molar-refractivity contribution in [1.29, 1.82) is 5.41 Å². The van der Waals surface area contributed by atoms with Gasteiger partial charge in [-0.15, -0.1) is 12.4 Å². The van der Waals surface area contributed by atoms with Crippen molar-refractivity contribution in [2.45, 2.75) is 44.8 Å². The number of methoxy groups -OCH3 is 1. The van der Waals surface area contributed by atoms with Gasteiger partial charge in [0.05, 0.1) is 25.8 Å². The number of rotatable bonds is 11. The number of carbonyl (C=O) groups excluding carboxylic acids is 3. The Kier molecular flexibility index (Phi) is 11.7. The van der Waals surface area contributed by atoms with Gasteiger partial charge in [0.25, 0.3) is 0 Å². The minimum atomic E-state index is -1.07. The lowest BCUT2D eigenvalue weighted by Gasteiger charge is -2.17. The van der Waals surface area contributed by atoms with Crippen LogP contribution in [0.25, 0.3) is 0 Å². The highest BCUT2D eigenvalue weighted by molar-refractivity contribution is 6.02. The van der Waals surface area contributed by atoms with E-state index in [4.69, 9.17) is 20.7 Å². The van der Waals surface area contributed by atoms with Crippen molar-refractivity contribution in [3.05, 3.63) is 35.4 Å². The van der Waals surface area contributed by atoms with E-state index in [9.17, 15) is 14.4 Å². The predicted octanol–water partition coefficient (Wildman–Crippen LogP) is 1.46. The van der Waals surface area contributed by atoms with Crippen molar-refractivity contribution < 1.29 is 28.7 Å². The Hall–Kier alpha value is -3.34. The molecular formula is C21H30ClN5O6. The summed E-state index contributed by atoms with van der Waals surface area (Å²) in [5, 5.41) is 16.4. The van der Waals surface area contributed by atoms with Crippen molar-refractivity contribution in [2.24, 2.45) is 10.9 Å². The third kappa shape index (κ3) is 8.97. The first-order valence-corrected chi connectivity index (χ1v) is 10.3. The summed E-state index contributed by atoms with van der Waals surface area (Å²) < 4.78 is 9.64. The summed E-state index contributed by atoms with van der Waals surface area (Å²) >= 11 is 0. The lowest BCUT2D eigenvalue weighted by Crippen LogP contribution is -2.49. The van der Waals surface area contributed by atoms with Crippen LogP contribution < -0.4 is 16.4 Å². The molecule has 0 aliphatic carbocycles. The maximum Gasteiger partial charge on any atom is 0.407 e. The lowest BCUT2D eigenvalue weighted by atomic mass is 10.0. The van der Waals surface area contributed by atoms with E-state index in [-0.39, 0.29) is 43.7 Å². The fourth-order valence-corrected chi connectivity index (χ4v) is 2.87. The van der Waals surface area contributed by atoms with Gasteiger partial charge in [-0.3, -0.25) is 10.2 Å². The number of halogens is 1. The van der Waals surface area contributed by atoms with Gasteiger partial charge in [-0.2, -0.15) is 0 Å². The van der Waals surface area contributed by atoms with Gasteiger partial charge in [0.2, 0.25) is 5.91 Å². The summed E-state index contributed by atoms with van der Waals surface area (Å²) in [7, 11) is 1.19. The van der Waals surface area contributed by atoms with Gasteiger partial charge < -0.3 is 30.7 Å². The molecule has 1 aliphatic heterocycles. The Morgan fingerprint density at radius 2 is 2.00 bits per heavy atom. The first-order chi connectivity index (χ1) is 15.3. The number of ether oxygens (including phenoxy) is 2. The Labute approximate surface area is 198 Å². The van der Waals surface area contributed by atoms with E-state index in [1.807, 2.05) is 6.92 Å². The van der Waals surface area contributed by atoms with E-state index < -0.39 is 24.2 Å². The molecule has 0 fully saturated rings. The zero-order chi connectivity index (χ0) is 23.5. The Morgan fingerprint density at radius 1 is 1.30 bits per heavy atom. The molecule has 5 N–H and O–H groups in total. The Balaban J connectivity index is 0.00000544. The summed E-state index contributed by atoms with van der Waals surface area (Å²) in [6, 6.07) is 5.93. The number of esters is 1. The second kappa shape index (κ2) is 13.9. The summed E-state index contributed by atoms with van der Waals surface area (Å²) in [5.74, 6) is -1.09. The van der Waals surface area contributed by atoms with E-state index in [0.29, 0.717) is 24.1 Å². The minimum Gasteiger partial charge on any atom is -0.467 e. The molecule has 0 spiro atoms. The molecule has 0 bridgehead atoms. The van der Waals surface area contributed by atoms with Gasteiger partial charge >= 0.3 is 12.1 Å². The van der Waals surface area contributed by atoms with Crippen LogP contribution in [-0.4, -0.2) is 61.9 Å². The Bertz CT molecular complexity index is 861. The van der Waals surface area contributed by atoms with Gasteiger partial charge in [0, 0.05) is 18.5 Å². The number of alkyl carbamates (subject to hydrolysis) is 1. The second-order valence-corrected chi connectivity index (χ2v) is 7.18. The van der Waals surface area contributed by atoms with Gasteiger partial charge in [-0.25, -0.2) is 9.59 Å². The molecule has 1 aliphatic rings. The fourth-order valence-electron chi connectivity index (χ4n) is 2.87. The summed E-state index contributed by atoms with van der Waals surface area (Å²) in [5.41, 5.74) is 7.55.